The summed E-state index contributed by atoms with van der Waals surface area (Å²) in [5.74, 6) is 0.258. The van der Waals surface area contributed by atoms with E-state index < -0.39 is 0 Å². The van der Waals surface area contributed by atoms with Crippen LogP contribution >= 0.6 is 0 Å². The third-order valence-electron chi connectivity index (χ3n) is 5.12. The molecule has 0 saturated carbocycles. The maximum atomic E-state index is 12.8. The van der Waals surface area contributed by atoms with Gasteiger partial charge in [0, 0.05) is 30.0 Å². The zero-order valence-electron chi connectivity index (χ0n) is 18.1. The third kappa shape index (κ3) is 5.14. The highest BCUT2D eigenvalue weighted by atomic mass is 16.1. The summed E-state index contributed by atoms with van der Waals surface area (Å²) in [6.45, 7) is 9.52. The number of rotatable bonds is 6. The topological polar surface area (TPSA) is 71.3 Å². The van der Waals surface area contributed by atoms with Crippen LogP contribution in [0.5, 0.6) is 0 Å². The highest BCUT2D eigenvalue weighted by Gasteiger charge is 2.13. The fraction of sp³-hybridized carbons (Fsp3) is 0.292. The number of aryl methyl sites for hydroxylation is 3. The highest BCUT2D eigenvalue weighted by Crippen LogP contribution is 2.14. The number of nitrogens with zero attached hydrogens (tertiary/aromatic N) is 3. The quantitative estimate of drug-likeness (QED) is 0.477. The number of anilines is 1. The van der Waals surface area contributed by atoms with E-state index in [1.165, 1.54) is 11.3 Å². The number of hydrogen-bond acceptors (Lipinski definition) is 3. The van der Waals surface area contributed by atoms with Crippen molar-refractivity contribution >= 4 is 17.6 Å². The summed E-state index contributed by atoms with van der Waals surface area (Å²) < 4.78 is 2.01. The van der Waals surface area contributed by atoms with Crippen molar-refractivity contribution in [3.05, 3.63) is 82.7 Å². The largest absolute Gasteiger partial charge is 0.326 e. The molecule has 0 saturated heterocycles. The Labute approximate surface area is 178 Å². The van der Waals surface area contributed by atoms with Crippen LogP contribution in [0.4, 0.5) is 5.69 Å². The predicted octanol–water partition coefficient (Wildman–Crippen LogP) is 4.27. The molecule has 0 radical (unpaired) electrons. The van der Waals surface area contributed by atoms with Crippen molar-refractivity contribution in [3.63, 3.8) is 0 Å². The fourth-order valence-corrected chi connectivity index (χ4v) is 3.45. The molecular weight excluding hydrogens is 374 g/mol. The Morgan fingerprint density at radius 2 is 1.73 bits per heavy atom. The molecule has 1 aromatic heterocycles. The van der Waals surface area contributed by atoms with Crippen LogP contribution in [0, 0.1) is 20.8 Å². The number of amides is 1. The van der Waals surface area contributed by atoms with Gasteiger partial charge in [-0.3, -0.25) is 19.8 Å². The lowest BCUT2D eigenvalue weighted by atomic mass is 10.1. The van der Waals surface area contributed by atoms with Crippen molar-refractivity contribution in [1.29, 1.82) is 0 Å². The Morgan fingerprint density at radius 1 is 1.03 bits per heavy atom. The van der Waals surface area contributed by atoms with Crippen molar-refractivity contribution in [2.24, 2.45) is 4.99 Å². The molecule has 0 atom stereocenters. The molecule has 1 amide bonds. The molecule has 0 aliphatic carbocycles. The first-order chi connectivity index (χ1) is 14.5. The summed E-state index contributed by atoms with van der Waals surface area (Å²) in [6.07, 6.45) is 0.762. The molecule has 2 aromatic carbocycles. The van der Waals surface area contributed by atoms with E-state index in [2.05, 4.69) is 34.6 Å². The van der Waals surface area contributed by atoms with Gasteiger partial charge >= 0.3 is 0 Å². The Morgan fingerprint density at radius 3 is 2.40 bits per heavy atom. The van der Waals surface area contributed by atoms with Gasteiger partial charge in [0.1, 0.15) is 0 Å². The maximum absolute atomic E-state index is 12.8. The fourth-order valence-electron chi connectivity index (χ4n) is 3.45. The standard InChI is InChI=1S/C24H29N5O/c1-5-29-19(4)22(18(3)28-29)15-16-25-24(26-20-12-7-6-8-13-20)27-23(30)21-14-10-9-11-17(21)2/h6-14H,5,15-16H2,1-4H3,(H2,25,26,27,30). The highest BCUT2D eigenvalue weighted by molar-refractivity contribution is 6.10. The molecule has 0 fully saturated rings. The van der Waals surface area contributed by atoms with Gasteiger partial charge in [0.25, 0.3) is 5.91 Å². The number of guanidine groups is 1. The molecular formula is C24H29N5O. The van der Waals surface area contributed by atoms with Crippen molar-refractivity contribution < 1.29 is 4.79 Å². The molecule has 0 spiro atoms. The Balaban J connectivity index is 1.78. The van der Waals surface area contributed by atoms with Crippen LogP contribution in [0.15, 0.2) is 59.6 Å². The summed E-state index contributed by atoms with van der Waals surface area (Å²) in [5, 5.41) is 10.7. The lowest BCUT2D eigenvalue weighted by Crippen LogP contribution is -2.36. The van der Waals surface area contributed by atoms with Gasteiger partial charge in [0.05, 0.1) is 5.69 Å². The van der Waals surface area contributed by atoms with E-state index in [0.29, 0.717) is 18.1 Å². The Kier molecular flexibility index (Phi) is 7.01. The van der Waals surface area contributed by atoms with Gasteiger partial charge in [-0.1, -0.05) is 36.4 Å². The first-order valence-corrected chi connectivity index (χ1v) is 10.3. The average Bonchev–Trinajstić information content (AvgIpc) is 3.02. The first-order valence-electron chi connectivity index (χ1n) is 10.3. The number of hydrogen-bond donors (Lipinski definition) is 2. The molecule has 0 aliphatic heterocycles. The molecule has 1 heterocycles. The van der Waals surface area contributed by atoms with Crippen molar-refractivity contribution in [2.45, 2.75) is 40.7 Å². The minimum atomic E-state index is -0.179. The van der Waals surface area contributed by atoms with E-state index in [-0.39, 0.29) is 5.91 Å². The zero-order chi connectivity index (χ0) is 21.5. The molecule has 3 rings (SSSR count). The van der Waals surface area contributed by atoms with Crippen molar-refractivity contribution in [3.8, 4) is 0 Å². The molecule has 0 bridgehead atoms. The second kappa shape index (κ2) is 9.87. The Bertz CT molecular complexity index is 1040. The van der Waals surface area contributed by atoms with Crippen LogP contribution in [-0.2, 0) is 13.0 Å². The number of carbonyl (C=O) groups excluding carboxylic acids is 1. The van der Waals surface area contributed by atoms with Crippen LogP contribution in [-0.4, -0.2) is 28.2 Å². The molecule has 2 N–H and O–H groups in total. The van der Waals surface area contributed by atoms with Gasteiger partial charge in [-0.25, -0.2) is 0 Å². The lowest BCUT2D eigenvalue weighted by Gasteiger charge is -2.13. The SMILES string of the molecule is CCn1nc(C)c(CCN=C(NC(=O)c2ccccc2C)Nc2ccccc2)c1C. The average molecular weight is 404 g/mol. The number of nitrogens with one attached hydrogen (secondary N) is 2. The second-order valence-corrected chi connectivity index (χ2v) is 7.21. The maximum Gasteiger partial charge on any atom is 0.258 e. The molecule has 156 valence electrons. The van der Waals surface area contributed by atoms with E-state index in [1.807, 2.05) is 73.1 Å². The van der Waals surface area contributed by atoms with E-state index >= 15 is 0 Å². The van der Waals surface area contributed by atoms with E-state index in [0.717, 1.165) is 29.9 Å². The number of para-hydroxylation sites is 1. The lowest BCUT2D eigenvalue weighted by molar-refractivity contribution is 0.0976. The predicted molar refractivity (Wildman–Crippen MR) is 122 cm³/mol. The van der Waals surface area contributed by atoms with Gasteiger partial charge in [0.15, 0.2) is 0 Å². The minimum Gasteiger partial charge on any atom is -0.326 e. The monoisotopic (exact) mass is 403 g/mol. The smallest absolute Gasteiger partial charge is 0.258 e. The number of aliphatic imine (C=N–C) groups is 1. The van der Waals surface area contributed by atoms with Crippen LogP contribution in [0.25, 0.3) is 0 Å². The summed E-state index contributed by atoms with van der Waals surface area (Å²) in [6, 6.07) is 17.2. The van der Waals surface area contributed by atoms with Gasteiger partial charge in [0.2, 0.25) is 5.96 Å². The van der Waals surface area contributed by atoms with Crippen LogP contribution in [0.1, 0.15) is 39.8 Å². The van der Waals surface area contributed by atoms with Crippen LogP contribution < -0.4 is 10.6 Å². The van der Waals surface area contributed by atoms with Crippen LogP contribution in [0.2, 0.25) is 0 Å². The minimum absolute atomic E-state index is 0.179. The van der Waals surface area contributed by atoms with Gasteiger partial charge < -0.3 is 5.32 Å². The normalized spacial score (nSPS) is 11.4. The molecule has 0 unspecified atom stereocenters. The van der Waals surface area contributed by atoms with Gasteiger partial charge in [-0.2, -0.15) is 5.10 Å². The summed E-state index contributed by atoms with van der Waals surface area (Å²) >= 11 is 0. The van der Waals surface area contributed by atoms with E-state index in [9.17, 15) is 4.79 Å². The summed E-state index contributed by atoms with van der Waals surface area (Å²) in [7, 11) is 0. The number of carbonyl (C=O) groups is 1. The van der Waals surface area contributed by atoms with Crippen LogP contribution in [0.3, 0.4) is 0 Å². The summed E-state index contributed by atoms with van der Waals surface area (Å²) in [4.78, 5) is 17.5. The molecule has 6 heteroatoms. The summed E-state index contributed by atoms with van der Waals surface area (Å²) in [5.41, 5.74) is 5.85. The molecule has 30 heavy (non-hydrogen) atoms. The Hall–Kier alpha value is -3.41. The molecule has 6 nitrogen and oxygen atoms in total. The molecule has 3 aromatic rings. The van der Waals surface area contributed by atoms with Crippen molar-refractivity contribution in [2.75, 3.05) is 11.9 Å². The van der Waals surface area contributed by atoms with E-state index in [1.54, 1.807) is 0 Å². The second-order valence-electron chi connectivity index (χ2n) is 7.21. The molecule has 0 aliphatic rings. The number of benzene rings is 2. The first kappa shape index (κ1) is 21.3. The van der Waals surface area contributed by atoms with Gasteiger partial charge in [-0.05, 0) is 63.4 Å². The zero-order valence-corrected chi connectivity index (χ0v) is 18.1. The van der Waals surface area contributed by atoms with E-state index in [4.69, 9.17) is 0 Å². The van der Waals surface area contributed by atoms with Crippen molar-refractivity contribution in [1.82, 2.24) is 15.1 Å². The third-order valence-corrected chi connectivity index (χ3v) is 5.12. The van der Waals surface area contributed by atoms with Gasteiger partial charge in [-0.15, -0.1) is 0 Å². The number of aromatic nitrogens is 2.